The van der Waals surface area contributed by atoms with Gasteiger partial charge in [0.2, 0.25) is 5.82 Å². The molecule has 1 aromatic carbocycles. The van der Waals surface area contributed by atoms with Gasteiger partial charge in [0.15, 0.2) is 0 Å². The van der Waals surface area contributed by atoms with Gasteiger partial charge in [-0.3, -0.25) is 10.1 Å². The molecule has 0 radical (unpaired) electrons. The van der Waals surface area contributed by atoms with Gasteiger partial charge in [0, 0.05) is 11.6 Å². The van der Waals surface area contributed by atoms with Gasteiger partial charge < -0.3 is 4.74 Å². The first-order valence-corrected chi connectivity index (χ1v) is 3.73. The van der Waals surface area contributed by atoms with E-state index in [9.17, 15) is 14.5 Å². The Morgan fingerprint density at radius 2 is 2.29 bits per heavy atom. The van der Waals surface area contributed by atoms with Crippen LogP contribution in [0.5, 0.6) is 0 Å². The summed E-state index contributed by atoms with van der Waals surface area (Å²) in [6.07, 6.45) is 0. The summed E-state index contributed by atoms with van der Waals surface area (Å²) in [5, 5.41) is 10.4. The van der Waals surface area contributed by atoms with Gasteiger partial charge in [-0.1, -0.05) is 6.58 Å². The average molecular weight is 197 g/mol. The van der Waals surface area contributed by atoms with Crippen LogP contribution < -0.4 is 0 Å². The van der Waals surface area contributed by atoms with E-state index >= 15 is 0 Å². The molecule has 0 saturated carbocycles. The smallest absolute Gasteiger partial charge is 0.305 e. The third-order valence-electron chi connectivity index (χ3n) is 1.71. The zero-order valence-electron chi connectivity index (χ0n) is 7.49. The Morgan fingerprint density at radius 3 is 2.79 bits per heavy atom. The first kappa shape index (κ1) is 10.2. The molecule has 0 aliphatic carbocycles. The number of benzene rings is 1. The summed E-state index contributed by atoms with van der Waals surface area (Å²) in [4.78, 5) is 9.59. The molecule has 14 heavy (non-hydrogen) atoms. The van der Waals surface area contributed by atoms with Crippen LogP contribution in [0.1, 0.15) is 5.56 Å². The zero-order chi connectivity index (χ0) is 10.7. The number of hydrogen-bond donors (Lipinski definition) is 0. The molecule has 1 rings (SSSR count). The van der Waals surface area contributed by atoms with Crippen LogP contribution in [0.25, 0.3) is 5.76 Å². The fraction of sp³-hybridized carbons (Fsp3) is 0.111. The third-order valence-corrected chi connectivity index (χ3v) is 1.71. The average Bonchev–Trinajstić information content (AvgIpc) is 2.17. The van der Waals surface area contributed by atoms with Crippen LogP contribution in [0, 0.1) is 15.9 Å². The maximum Gasteiger partial charge on any atom is 0.305 e. The minimum atomic E-state index is -0.873. The van der Waals surface area contributed by atoms with Gasteiger partial charge in [0.1, 0.15) is 5.76 Å². The van der Waals surface area contributed by atoms with E-state index in [0.29, 0.717) is 5.56 Å². The number of nitro groups is 1. The first-order valence-electron chi connectivity index (χ1n) is 3.73. The van der Waals surface area contributed by atoms with E-state index in [-0.39, 0.29) is 5.76 Å². The molecule has 0 heterocycles. The number of nitrogens with zero attached hydrogens (tertiary/aromatic N) is 1. The Kier molecular flexibility index (Phi) is 2.81. The predicted molar refractivity (Wildman–Crippen MR) is 49.1 cm³/mol. The van der Waals surface area contributed by atoms with E-state index in [1.165, 1.54) is 13.2 Å². The molecule has 74 valence electrons. The van der Waals surface area contributed by atoms with Crippen molar-refractivity contribution in [2.75, 3.05) is 7.11 Å². The summed E-state index contributed by atoms with van der Waals surface area (Å²) in [6.45, 7) is 3.51. The summed E-state index contributed by atoms with van der Waals surface area (Å²) >= 11 is 0. The molecule has 0 aliphatic heterocycles. The van der Waals surface area contributed by atoms with Crippen molar-refractivity contribution in [3.63, 3.8) is 0 Å². The molecule has 5 heteroatoms. The molecular formula is C9H8FNO3. The first-order chi connectivity index (χ1) is 6.56. The van der Waals surface area contributed by atoms with Crippen LogP contribution in [0.4, 0.5) is 10.1 Å². The van der Waals surface area contributed by atoms with Crippen LogP contribution in [0.15, 0.2) is 24.8 Å². The van der Waals surface area contributed by atoms with Crippen molar-refractivity contribution in [1.82, 2.24) is 0 Å². The highest BCUT2D eigenvalue weighted by molar-refractivity contribution is 5.60. The van der Waals surface area contributed by atoms with Gasteiger partial charge in [-0.25, -0.2) is 0 Å². The van der Waals surface area contributed by atoms with E-state index < -0.39 is 16.4 Å². The van der Waals surface area contributed by atoms with Crippen LogP contribution in [-0.2, 0) is 4.74 Å². The monoisotopic (exact) mass is 197 g/mol. The van der Waals surface area contributed by atoms with Crippen LogP contribution >= 0.6 is 0 Å². The number of methoxy groups -OCH3 is 1. The highest BCUT2D eigenvalue weighted by atomic mass is 19.1. The molecule has 0 atom stereocenters. The molecule has 0 saturated heterocycles. The van der Waals surface area contributed by atoms with E-state index in [4.69, 9.17) is 4.74 Å². The van der Waals surface area contributed by atoms with Gasteiger partial charge in [-0.15, -0.1) is 0 Å². The van der Waals surface area contributed by atoms with Crippen LogP contribution in [0.3, 0.4) is 0 Å². The summed E-state index contributed by atoms with van der Waals surface area (Å²) in [5.41, 5.74) is -0.193. The SMILES string of the molecule is C=C(OC)c1ccc(F)c([N+](=O)[O-])c1. The Morgan fingerprint density at radius 1 is 1.64 bits per heavy atom. The molecule has 0 aromatic heterocycles. The van der Waals surface area contributed by atoms with Crippen molar-refractivity contribution in [3.05, 3.63) is 46.3 Å². The minimum Gasteiger partial charge on any atom is -0.497 e. The number of hydrogen-bond acceptors (Lipinski definition) is 3. The number of rotatable bonds is 3. The summed E-state index contributed by atoms with van der Waals surface area (Å²) < 4.78 is 17.6. The minimum absolute atomic E-state index is 0.258. The molecule has 0 unspecified atom stereocenters. The van der Waals surface area contributed by atoms with Crippen molar-refractivity contribution in [2.24, 2.45) is 0 Å². The lowest BCUT2D eigenvalue weighted by Crippen LogP contribution is -1.94. The number of ether oxygens (including phenoxy) is 1. The summed E-state index contributed by atoms with van der Waals surface area (Å²) in [5.74, 6) is -0.615. The highest BCUT2D eigenvalue weighted by Crippen LogP contribution is 2.22. The van der Waals surface area contributed by atoms with Crippen molar-refractivity contribution >= 4 is 11.4 Å². The quantitative estimate of drug-likeness (QED) is 0.424. The largest absolute Gasteiger partial charge is 0.497 e. The Bertz CT molecular complexity index is 390. The lowest BCUT2D eigenvalue weighted by Gasteiger charge is -2.03. The molecule has 0 amide bonds. The molecule has 1 aromatic rings. The van der Waals surface area contributed by atoms with Gasteiger partial charge in [-0.05, 0) is 12.1 Å². The molecular weight excluding hydrogens is 189 g/mol. The topological polar surface area (TPSA) is 52.4 Å². The lowest BCUT2D eigenvalue weighted by atomic mass is 10.1. The van der Waals surface area contributed by atoms with Crippen molar-refractivity contribution in [1.29, 1.82) is 0 Å². The molecule has 0 fully saturated rings. The maximum atomic E-state index is 12.9. The summed E-state index contributed by atoms with van der Waals surface area (Å²) in [6, 6.07) is 3.47. The second-order valence-electron chi connectivity index (χ2n) is 2.55. The third kappa shape index (κ3) is 1.87. The van der Waals surface area contributed by atoms with E-state index in [2.05, 4.69) is 6.58 Å². The molecule has 0 spiro atoms. The Labute approximate surface area is 79.8 Å². The Balaban J connectivity index is 3.19. The zero-order valence-corrected chi connectivity index (χ0v) is 7.49. The molecule has 4 nitrogen and oxygen atoms in total. The fourth-order valence-corrected chi connectivity index (χ4v) is 0.944. The molecule has 0 aliphatic rings. The maximum absolute atomic E-state index is 12.9. The number of nitro benzene ring substituents is 1. The van der Waals surface area contributed by atoms with Crippen LogP contribution in [-0.4, -0.2) is 12.0 Å². The van der Waals surface area contributed by atoms with Crippen molar-refractivity contribution in [3.8, 4) is 0 Å². The van der Waals surface area contributed by atoms with Gasteiger partial charge >= 0.3 is 5.69 Å². The predicted octanol–water partition coefficient (Wildman–Crippen LogP) is 2.35. The van der Waals surface area contributed by atoms with E-state index in [1.807, 2.05) is 0 Å². The van der Waals surface area contributed by atoms with Gasteiger partial charge in [-0.2, -0.15) is 4.39 Å². The molecule has 0 bridgehead atoms. The molecule has 0 N–H and O–H groups in total. The normalized spacial score (nSPS) is 9.57. The van der Waals surface area contributed by atoms with Crippen molar-refractivity contribution < 1.29 is 14.1 Å². The van der Waals surface area contributed by atoms with E-state index in [1.54, 1.807) is 0 Å². The lowest BCUT2D eigenvalue weighted by molar-refractivity contribution is -0.387. The van der Waals surface area contributed by atoms with Gasteiger partial charge in [0.05, 0.1) is 12.0 Å². The fourth-order valence-electron chi connectivity index (χ4n) is 0.944. The second-order valence-corrected chi connectivity index (χ2v) is 2.55. The number of halogens is 1. The highest BCUT2D eigenvalue weighted by Gasteiger charge is 2.15. The van der Waals surface area contributed by atoms with Crippen LogP contribution in [0.2, 0.25) is 0 Å². The summed E-state index contributed by atoms with van der Waals surface area (Å²) in [7, 11) is 1.39. The van der Waals surface area contributed by atoms with E-state index in [0.717, 1.165) is 12.1 Å². The van der Waals surface area contributed by atoms with Gasteiger partial charge in [0.25, 0.3) is 0 Å². The Hall–Kier alpha value is -1.91. The van der Waals surface area contributed by atoms with Crippen molar-refractivity contribution in [2.45, 2.75) is 0 Å². The standard InChI is InChI=1S/C9H8FNO3/c1-6(14-2)7-3-4-8(10)9(5-7)11(12)13/h3-5H,1H2,2H3. The second kappa shape index (κ2) is 3.87.